The Hall–Kier alpha value is -1.88. The van der Waals surface area contributed by atoms with Gasteiger partial charge < -0.3 is 19.6 Å². The second kappa shape index (κ2) is 12.0. The first-order chi connectivity index (χ1) is 13.7. The monoisotopic (exact) mass is 572 g/mol. The summed E-state index contributed by atoms with van der Waals surface area (Å²) in [6.07, 6.45) is 2.63. The van der Waals surface area contributed by atoms with Gasteiger partial charge in [0.05, 0.1) is 0 Å². The van der Waals surface area contributed by atoms with Crippen LogP contribution in [0.3, 0.4) is 0 Å². The van der Waals surface area contributed by atoms with E-state index in [0.717, 1.165) is 59.4 Å². The number of hydrogen-bond acceptors (Lipinski definition) is 4. The van der Waals surface area contributed by atoms with Gasteiger partial charge >= 0.3 is 0 Å². The molecule has 0 saturated carbocycles. The molecule has 3 aromatic rings. The minimum atomic E-state index is 0. The summed E-state index contributed by atoms with van der Waals surface area (Å²) >= 11 is 3.45. The van der Waals surface area contributed by atoms with Crippen molar-refractivity contribution in [3.63, 3.8) is 0 Å². The highest BCUT2D eigenvalue weighted by Gasteiger charge is 2.06. The molecule has 29 heavy (non-hydrogen) atoms. The fourth-order valence-electron chi connectivity index (χ4n) is 2.77. The van der Waals surface area contributed by atoms with Crippen molar-refractivity contribution in [3.8, 4) is 11.3 Å². The molecule has 0 unspecified atom stereocenters. The quantitative estimate of drug-likeness (QED) is 0.240. The van der Waals surface area contributed by atoms with Crippen molar-refractivity contribution in [2.75, 3.05) is 13.1 Å². The molecule has 0 fully saturated rings. The average molecular weight is 573 g/mol. The molecule has 0 bridgehead atoms. The van der Waals surface area contributed by atoms with Crippen LogP contribution >= 0.6 is 39.9 Å². The minimum absolute atomic E-state index is 0. The molecule has 0 aliphatic heterocycles. The zero-order valence-corrected chi connectivity index (χ0v) is 20.5. The number of benzene rings is 1. The summed E-state index contributed by atoms with van der Waals surface area (Å²) in [5.74, 6) is 3.41. The summed E-state index contributed by atoms with van der Waals surface area (Å²) in [5, 5.41) is 14.7. The zero-order chi connectivity index (χ0) is 19.8. The number of aromatic nitrogens is 3. The van der Waals surface area contributed by atoms with Gasteiger partial charge in [0, 0.05) is 36.1 Å². The maximum atomic E-state index is 5.93. The van der Waals surface area contributed by atoms with Crippen molar-refractivity contribution in [2.45, 2.75) is 33.4 Å². The fraction of sp³-hybridized carbons (Fsp3) is 0.350. The molecular formula is C20H26BrIN6O. The van der Waals surface area contributed by atoms with Crippen LogP contribution in [0.2, 0.25) is 0 Å². The van der Waals surface area contributed by atoms with E-state index in [9.17, 15) is 0 Å². The smallest absolute Gasteiger partial charge is 0.191 e. The molecule has 0 spiro atoms. The van der Waals surface area contributed by atoms with E-state index < -0.39 is 0 Å². The van der Waals surface area contributed by atoms with E-state index in [2.05, 4.69) is 48.7 Å². The summed E-state index contributed by atoms with van der Waals surface area (Å²) in [4.78, 5) is 4.62. The van der Waals surface area contributed by atoms with Gasteiger partial charge in [0.1, 0.15) is 30.2 Å². The number of aliphatic imine (C=N–C) groups is 1. The van der Waals surface area contributed by atoms with Crippen molar-refractivity contribution >= 4 is 45.9 Å². The molecule has 0 aliphatic carbocycles. The topological polar surface area (TPSA) is 80.3 Å². The third-order valence-electron chi connectivity index (χ3n) is 4.18. The Bertz CT molecular complexity index is 906. The molecule has 0 amide bonds. The molecule has 0 atom stereocenters. The molecule has 0 saturated heterocycles. The average Bonchev–Trinajstić information content (AvgIpc) is 3.36. The number of hydrogen-bond donors (Lipinski definition) is 2. The van der Waals surface area contributed by atoms with Crippen LogP contribution in [0, 0.1) is 0 Å². The Morgan fingerprint density at radius 3 is 2.66 bits per heavy atom. The maximum absolute atomic E-state index is 5.93. The predicted molar refractivity (Wildman–Crippen MR) is 129 cm³/mol. The van der Waals surface area contributed by atoms with Crippen LogP contribution in [0.4, 0.5) is 0 Å². The third kappa shape index (κ3) is 6.84. The lowest BCUT2D eigenvalue weighted by Gasteiger charge is -2.12. The van der Waals surface area contributed by atoms with Crippen LogP contribution in [-0.4, -0.2) is 33.8 Å². The molecule has 0 radical (unpaired) electrons. The molecule has 156 valence electrons. The first-order valence-corrected chi connectivity index (χ1v) is 10.2. The molecule has 2 aromatic heterocycles. The van der Waals surface area contributed by atoms with Crippen molar-refractivity contribution in [1.29, 1.82) is 0 Å². The van der Waals surface area contributed by atoms with Gasteiger partial charge in [-0.05, 0) is 31.2 Å². The van der Waals surface area contributed by atoms with Crippen LogP contribution in [0.5, 0.6) is 0 Å². The highest BCUT2D eigenvalue weighted by Crippen LogP contribution is 2.24. The first kappa shape index (κ1) is 23.4. The van der Waals surface area contributed by atoms with Crippen LogP contribution in [-0.2, 0) is 19.5 Å². The Morgan fingerprint density at radius 1 is 1.14 bits per heavy atom. The zero-order valence-electron chi connectivity index (χ0n) is 16.6. The Morgan fingerprint density at radius 2 is 1.93 bits per heavy atom. The Labute approximate surface area is 196 Å². The minimum Gasteiger partial charge on any atom is -0.459 e. The normalized spacial score (nSPS) is 11.2. The van der Waals surface area contributed by atoms with Gasteiger partial charge in [-0.15, -0.1) is 34.2 Å². The van der Waals surface area contributed by atoms with E-state index in [-0.39, 0.29) is 24.0 Å². The number of aryl methyl sites for hydroxylation is 1. The van der Waals surface area contributed by atoms with Gasteiger partial charge in [-0.3, -0.25) is 0 Å². The van der Waals surface area contributed by atoms with Crippen LogP contribution < -0.4 is 10.6 Å². The van der Waals surface area contributed by atoms with Crippen LogP contribution in [0.25, 0.3) is 11.3 Å². The molecule has 2 heterocycles. The predicted octanol–water partition coefficient (Wildman–Crippen LogP) is 4.24. The molecule has 3 rings (SSSR count). The lowest BCUT2D eigenvalue weighted by Crippen LogP contribution is -2.38. The van der Waals surface area contributed by atoms with E-state index >= 15 is 0 Å². The number of nitrogens with zero attached hydrogens (tertiary/aromatic N) is 4. The van der Waals surface area contributed by atoms with E-state index in [1.54, 1.807) is 6.33 Å². The van der Waals surface area contributed by atoms with Gasteiger partial charge in [-0.2, -0.15) is 0 Å². The van der Waals surface area contributed by atoms with Gasteiger partial charge in [-0.25, -0.2) is 4.99 Å². The highest BCUT2D eigenvalue weighted by atomic mass is 127. The van der Waals surface area contributed by atoms with E-state index in [1.807, 2.05) is 47.9 Å². The van der Waals surface area contributed by atoms with E-state index in [0.29, 0.717) is 6.54 Å². The molecule has 1 aromatic carbocycles. The van der Waals surface area contributed by atoms with E-state index in [4.69, 9.17) is 4.42 Å². The van der Waals surface area contributed by atoms with Crippen molar-refractivity contribution in [1.82, 2.24) is 25.4 Å². The Kier molecular flexibility index (Phi) is 9.65. The number of rotatable bonds is 8. The second-order valence-electron chi connectivity index (χ2n) is 6.19. The summed E-state index contributed by atoms with van der Waals surface area (Å²) in [5.41, 5.74) is 1.05. The first-order valence-electron chi connectivity index (χ1n) is 9.43. The van der Waals surface area contributed by atoms with Crippen molar-refractivity contribution in [3.05, 3.63) is 58.8 Å². The molecule has 9 heteroatoms. The summed E-state index contributed by atoms with van der Waals surface area (Å²) in [6, 6.07) is 12.0. The molecule has 2 N–H and O–H groups in total. The van der Waals surface area contributed by atoms with Gasteiger partial charge in [0.25, 0.3) is 0 Å². The van der Waals surface area contributed by atoms with Crippen molar-refractivity contribution < 1.29 is 4.42 Å². The second-order valence-corrected chi connectivity index (χ2v) is 7.10. The fourth-order valence-corrected chi connectivity index (χ4v) is 3.03. The summed E-state index contributed by atoms with van der Waals surface area (Å²) in [7, 11) is 0. The van der Waals surface area contributed by atoms with Crippen LogP contribution in [0.1, 0.15) is 25.4 Å². The largest absolute Gasteiger partial charge is 0.459 e. The molecular weight excluding hydrogens is 547 g/mol. The SMILES string of the molecule is CCNC(=NCc1ccc(-c2ccc(Br)cc2)o1)NCCn1cnnc1CC.I. The maximum Gasteiger partial charge on any atom is 0.191 e. The summed E-state index contributed by atoms with van der Waals surface area (Å²) in [6.45, 7) is 6.91. The third-order valence-corrected chi connectivity index (χ3v) is 4.71. The molecule has 7 nitrogen and oxygen atoms in total. The number of nitrogens with one attached hydrogen (secondary N) is 2. The highest BCUT2D eigenvalue weighted by molar-refractivity contribution is 14.0. The van der Waals surface area contributed by atoms with Crippen molar-refractivity contribution in [2.24, 2.45) is 4.99 Å². The Balaban J connectivity index is 0.00000300. The van der Waals surface area contributed by atoms with E-state index in [1.165, 1.54) is 0 Å². The van der Waals surface area contributed by atoms with Crippen LogP contribution in [0.15, 0.2) is 56.6 Å². The van der Waals surface area contributed by atoms with Gasteiger partial charge in [0.2, 0.25) is 0 Å². The molecule has 0 aliphatic rings. The summed E-state index contributed by atoms with van der Waals surface area (Å²) < 4.78 is 9.03. The number of guanidine groups is 1. The standard InChI is InChI=1S/C20H25BrN6O.HI/c1-3-19-26-25-14-27(19)12-11-23-20(22-4-2)24-13-17-9-10-18(28-17)15-5-7-16(21)8-6-15;/h5-10,14H,3-4,11-13H2,1-2H3,(H2,22,23,24);1H. The van der Waals surface area contributed by atoms with Gasteiger partial charge in [-0.1, -0.05) is 35.0 Å². The number of furan rings is 1. The lowest BCUT2D eigenvalue weighted by atomic mass is 10.2. The van der Waals surface area contributed by atoms with Gasteiger partial charge in [0.15, 0.2) is 5.96 Å². The number of halogens is 2. The lowest BCUT2D eigenvalue weighted by molar-refractivity contribution is 0.524.